The van der Waals surface area contributed by atoms with Crippen LogP contribution in [0, 0.1) is 5.82 Å². The van der Waals surface area contributed by atoms with Crippen molar-refractivity contribution in [2.45, 2.75) is 16.3 Å². The maximum atomic E-state index is 12.9. The Morgan fingerprint density at radius 2 is 1.81 bits per heavy atom. The number of carboxylic acid groups (broad SMARTS) is 1. The largest absolute Gasteiger partial charge is 0.479 e. The third kappa shape index (κ3) is 5.22. The molecule has 21 heavy (non-hydrogen) atoms. The Labute approximate surface area is 134 Å². The Morgan fingerprint density at radius 3 is 2.24 bits per heavy atom. The van der Waals surface area contributed by atoms with Gasteiger partial charge in [0.05, 0.1) is 0 Å². The van der Waals surface area contributed by atoms with Gasteiger partial charge in [-0.2, -0.15) is 0 Å². The lowest BCUT2D eigenvalue weighted by molar-refractivity contribution is -0.144. The fraction of sp³-hybridized carbons (Fsp3) is 0.333. The van der Waals surface area contributed by atoms with Crippen LogP contribution >= 0.6 is 34.8 Å². The van der Waals surface area contributed by atoms with Gasteiger partial charge in [-0.05, 0) is 24.6 Å². The highest BCUT2D eigenvalue weighted by Gasteiger charge is 2.38. The van der Waals surface area contributed by atoms with Gasteiger partial charge < -0.3 is 15.2 Å². The van der Waals surface area contributed by atoms with Gasteiger partial charge in [-0.25, -0.2) is 14.0 Å². The number of ether oxygens (including phenoxy) is 1. The average molecular weight is 359 g/mol. The second-order valence-electron chi connectivity index (χ2n) is 4.25. The van der Waals surface area contributed by atoms with Crippen LogP contribution in [0.3, 0.4) is 0 Å². The summed E-state index contributed by atoms with van der Waals surface area (Å²) >= 11 is 16.2. The first-order valence-electron chi connectivity index (χ1n) is 5.56. The van der Waals surface area contributed by atoms with E-state index in [1.807, 2.05) is 0 Å². The summed E-state index contributed by atoms with van der Waals surface area (Å²) in [5.41, 5.74) is -1.67. The van der Waals surface area contributed by atoms with Crippen LogP contribution in [0.2, 0.25) is 0 Å². The van der Waals surface area contributed by atoms with Crippen molar-refractivity contribution < 1.29 is 23.8 Å². The molecule has 0 saturated carbocycles. The Bertz CT molecular complexity index is 532. The van der Waals surface area contributed by atoms with Crippen molar-refractivity contribution in [1.29, 1.82) is 0 Å². The van der Waals surface area contributed by atoms with Crippen LogP contribution in [-0.4, -0.2) is 27.6 Å². The second-order valence-corrected chi connectivity index (χ2v) is 6.77. The normalized spacial score (nSPS) is 14.1. The van der Waals surface area contributed by atoms with E-state index in [0.717, 1.165) is 12.1 Å². The third-order valence-electron chi connectivity index (χ3n) is 2.57. The third-order valence-corrected chi connectivity index (χ3v) is 2.90. The number of nitrogens with one attached hydrogen (secondary N) is 1. The molecule has 1 aromatic carbocycles. The highest BCUT2D eigenvalue weighted by molar-refractivity contribution is 6.67. The van der Waals surface area contributed by atoms with E-state index in [2.05, 4.69) is 10.1 Å². The van der Waals surface area contributed by atoms with E-state index in [1.165, 1.54) is 19.1 Å². The number of aliphatic carboxylic acids is 1. The minimum Gasteiger partial charge on any atom is -0.479 e. The molecular formula is C12H11Cl3FNO4. The van der Waals surface area contributed by atoms with Gasteiger partial charge >= 0.3 is 12.1 Å². The Morgan fingerprint density at radius 1 is 1.29 bits per heavy atom. The Hall–Kier alpha value is -1.24. The van der Waals surface area contributed by atoms with Gasteiger partial charge in [-0.15, -0.1) is 0 Å². The Balaban J connectivity index is 2.89. The van der Waals surface area contributed by atoms with Crippen molar-refractivity contribution in [3.8, 4) is 0 Å². The first kappa shape index (κ1) is 17.8. The highest BCUT2D eigenvalue weighted by atomic mass is 35.6. The minimum atomic E-state index is -1.82. The summed E-state index contributed by atoms with van der Waals surface area (Å²) in [5.74, 6) is -1.90. The van der Waals surface area contributed by atoms with Crippen LogP contribution in [0.15, 0.2) is 24.3 Å². The van der Waals surface area contributed by atoms with Gasteiger partial charge in [0.2, 0.25) is 3.79 Å². The quantitative estimate of drug-likeness (QED) is 0.810. The number of alkyl carbamates (subject to hydrolysis) is 1. The van der Waals surface area contributed by atoms with Gasteiger partial charge in [-0.3, -0.25) is 0 Å². The van der Waals surface area contributed by atoms with Gasteiger partial charge in [0.15, 0.2) is 5.54 Å². The standard InChI is InChI=1S/C12H11Cl3FNO4/c1-11(9(18)19,7-2-4-8(16)5-3-7)17-10(20)21-6-12(13,14)15/h2-5H,6H2,1H3,(H,17,20)(H,18,19)/t11-/m0/s1. The van der Waals surface area contributed by atoms with Gasteiger partial charge in [0.25, 0.3) is 0 Å². The number of amides is 1. The molecule has 0 aliphatic rings. The lowest BCUT2D eigenvalue weighted by atomic mass is 9.92. The van der Waals surface area contributed by atoms with Crippen LogP contribution in [0.1, 0.15) is 12.5 Å². The van der Waals surface area contributed by atoms with Crippen molar-refractivity contribution in [3.05, 3.63) is 35.6 Å². The van der Waals surface area contributed by atoms with E-state index in [-0.39, 0.29) is 5.56 Å². The number of alkyl halides is 3. The smallest absolute Gasteiger partial charge is 0.408 e. The number of benzene rings is 1. The summed E-state index contributed by atoms with van der Waals surface area (Å²) in [6.07, 6.45) is -1.09. The summed E-state index contributed by atoms with van der Waals surface area (Å²) in [5, 5.41) is 11.4. The van der Waals surface area contributed by atoms with Gasteiger partial charge in [0.1, 0.15) is 12.4 Å². The van der Waals surface area contributed by atoms with Crippen LogP contribution in [0.4, 0.5) is 9.18 Å². The molecule has 2 N–H and O–H groups in total. The predicted octanol–water partition coefficient (Wildman–Crippen LogP) is 3.22. The lowest BCUT2D eigenvalue weighted by Crippen LogP contribution is -2.50. The highest BCUT2D eigenvalue weighted by Crippen LogP contribution is 2.26. The zero-order valence-electron chi connectivity index (χ0n) is 10.7. The van der Waals surface area contributed by atoms with Crippen LogP contribution < -0.4 is 5.32 Å². The topological polar surface area (TPSA) is 75.6 Å². The molecule has 0 aromatic heterocycles. The first-order chi connectivity index (χ1) is 9.54. The number of halogens is 4. The SMILES string of the molecule is C[C@@](NC(=O)OCC(Cl)(Cl)Cl)(C(=O)O)c1ccc(F)cc1. The fourth-order valence-corrected chi connectivity index (χ4v) is 1.58. The maximum absolute atomic E-state index is 12.9. The van der Waals surface area contributed by atoms with Crippen LogP contribution in [0.25, 0.3) is 0 Å². The van der Waals surface area contributed by atoms with Crippen LogP contribution in [-0.2, 0) is 15.1 Å². The van der Waals surface area contributed by atoms with E-state index in [4.69, 9.17) is 34.8 Å². The molecule has 0 aliphatic heterocycles. The van der Waals surface area contributed by atoms with E-state index in [9.17, 15) is 19.1 Å². The molecule has 0 bridgehead atoms. The number of hydrogen-bond acceptors (Lipinski definition) is 3. The van der Waals surface area contributed by atoms with E-state index in [1.54, 1.807) is 0 Å². The number of carboxylic acids is 1. The summed E-state index contributed by atoms with van der Waals surface area (Å²) < 4.78 is 15.7. The molecule has 0 radical (unpaired) electrons. The summed E-state index contributed by atoms with van der Waals surface area (Å²) in [6, 6.07) is 4.62. The van der Waals surface area contributed by atoms with Crippen molar-refractivity contribution in [1.82, 2.24) is 5.32 Å². The molecule has 5 nitrogen and oxygen atoms in total. The van der Waals surface area contributed by atoms with E-state index >= 15 is 0 Å². The number of carbonyl (C=O) groups is 2. The molecule has 0 unspecified atom stereocenters. The molecule has 0 heterocycles. The van der Waals surface area contributed by atoms with Gasteiger partial charge in [-0.1, -0.05) is 46.9 Å². The maximum Gasteiger partial charge on any atom is 0.408 e. The first-order valence-corrected chi connectivity index (χ1v) is 6.69. The number of rotatable bonds is 4. The summed E-state index contributed by atoms with van der Waals surface area (Å²) in [4.78, 5) is 23.0. The predicted molar refractivity (Wildman–Crippen MR) is 76.2 cm³/mol. The zero-order valence-corrected chi connectivity index (χ0v) is 13.0. The molecular weight excluding hydrogens is 347 g/mol. The summed E-state index contributed by atoms with van der Waals surface area (Å²) in [6.45, 7) is 0.668. The number of hydrogen-bond donors (Lipinski definition) is 2. The molecule has 0 saturated heterocycles. The molecule has 9 heteroatoms. The van der Waals surface area contributed by atoms with Crippen molar-refractivity contribution in [2.24, 2.45) is 0 Å². The fourth-order valence-electron chi connectivity index (χ4n) is 1.42. The number of carbonyl (C=O) groups excluding carboxylic acids is 1. The molecule has 0 fully saturated rings. The molecule has 116 valence electrons. The van der Waals surface area contributed by atoms with Crippen molar-refractivity contribution in [2.75, 3.05) is 6.61 Å². The lowest BCUT2D eigenvalue weighted by Gasteiger charge is -2.26. The average Bonchev–Trinajstić information content (AvgIpc) is 2.36. The van der Waals surface area contributed by atoms with E-state index < -0.39 is 33.8 Å². The summed E-state index contributed by atoms with van der Waals surface area (Å²) in [7, 11) is 0. The Kier molecular flexibility index (Phi) is 5.67. The van der Waals surface area contributed by atoms with E-state index in [0.29, 0.717) is 0 Å². The monoisotopic (exact) mass is 357 g/mol. The molecule has 1 amide bonds. The molecule has 1 rings (SSSR count). The van der Waals surface area contributed by atoms with Crippen molar-refractivity contribution >= 4 is 46.9 Å². The van der Waals surface area contributed by atoms with Gasteiger partial charge in [0, 0.05) is 0 Å². The molecule has 1 aromatic rings. The minimum absolute atomic E-state index is 0.155. The molecule has 0 spiro atoms. The zero-order chi connectivity index (χ0) is 16.3. The van der Waals surface area contributed by atoms with Crippen LogP contribution in [0.5, 0.6) is 0 Å². The van der Waals surface area contributed by atoms with Crippen molar-refractivity contribution in [3.63, 3.8) is 0 Å². The molecule has 0 aliphatic carbocycles. The molecule has 1 atom stereocenters. The second kappa shape index (κ2) is 6.68.